The summed E-state index contributed by atoms with van der Waals surface area (Å²) in [5, 5.41) is 7.76. The highest BCUT2D eigenvalue weighted by atomic mass is 31.2. The van der Waals surface area contributed by atoms with Gasteiger partial charge in [0, 0.05) is 19.8 Å². The number of hydrogen-bond donors (Lipinski definition) is 3. The summed E-state index contributed by atoms with van der Waals surface area (Å²) in [4.78, 5) is 78.2. The van der Waals surface area contributed by atoms with Crippen LogP contribution < -0.4 is 16.0 Å². The van der Waals surface area contributed by atoms with Crippen LogP contribution in [0, 0.1) is 0 Å². The first kappa shape index (κ1) is 50.6. The molecule has 3 N–H and O–H groups in total. The Bertz CT molecular complexity index is 2340. The number of nitrogens with zero attached hydrogens (tertiary/aromatic N) is 5. The van der Waals surface area contributed by atoms with E-state index >= 15 is 0 Å². The van der Waals surface area contributed by atoms with Gasteiger partial charge < -0.3 is 39.4 Å². The Morgan fingerprint density at radius 1 is 0.894 bits per heavy atom. The summed E-state index contributed by atoms with van der Waals surface area (Å²) in [6.07, 6.45) is 1.55. The molecule has 22 heteroatoms. The molecule has 1 fully saturated rings. The molecule has 1 aliphatic heterocycles. The number of benzene rings is 2. The molecule has 66 heavy (non-hydrogen) atoms. The van der Waals surface area contributed by atoms with Crippen molar-refractivity contribution in [3.8, 4) is 0 Å². The maximum Gasteiger partial charge on any atom is 0.475 e. The van der Waals surface area contributed by atoms with Crippen molar-refractivity contribution in [3.05, 3.63) is 110 Å². The van der Waals surface area contributed by atoms with E-state index in [1.807, 2.05) is 51.5 Å². The van der Waals surface area contributed by atoms with E-state index in [1.165, 1.54) is 31.7 Å². The molecule has 0 bridgehead atoms. The summed E-state index contributed by atoms with van der Waals surface area (Å²) in [6, 6.07) is 15.2. The number of quaternary nitrogens is 1. The summed E-state index contributed by atoms with van der Waals surface area (Å²) in [7, 11) is 1.13. The van der Waals surface area contributed by atoms with Crippen molar-refractivity contribution >= 4 is 54.7 Å². The number of nitrogens with one attached hydrogen (secondary N) is 3. The first-order valence-corrected chi connectivity index (χ1v) is 22.4. The van der Waals surface area contributed by atoms with Crippen molar-refractivity contribution in [2.75, 3.05) is 66.0 Å². The number of esters is 2. The molecule has 0 saturated carbocycles. The quantitative estimate of drug-likeness (QED) is 0.0281. The second-order valence-corrected chi connectivity index (χ2v) is 17.6. The van der Waals surface area contributed by atoms with Crippen LogP contribution in [0.5, 0.6) is 0 Å². The number of imidazole rings is 1. The number of likely N-dealkylation sites (N-methyl/N-ethyl adjacent to an activating group) is 1. The van der Waals surface area contributed by atoms with Gasteiger partial charge in [0.2, 0.25) is 11.8 Å². The molecule has 2 aromatic heterocycles. The van der Waals surface area contributed by atoms with Gasteiger partial charge in [0.25, 0.3) is 0 Å². The Kier molecular flexibility index (Phi) is 18.6. The van der Waals surface area contributed by atoms with Crippen molar-refractivity contribution in [2.45, 2.75) is 56.7 Å². The van der Waals surface area contributed by atoms with Gasteiger partial charge in [-0.05, 0) is 11.1 Å². The lowest BCUT2D eigenvalue weighted by Crippen LogP contribution is -2.54. The van der Waals surface area contributed by atoms with Crippen LogP contribution in [-0.2, 0) is 69.1 Å². The number of rotatable bonds is 25. The van der Waals surface area contributed by atoms with E-state index in [4.69, 9.17) is 32.5 Å². The van der Waals surface area contributed by atoms with E-state index < -0.39 is 75.5 Å². The molecular formula is C44H56N8O13P+. The minimum atomic E-state index is -4.66. The molecule has 2 aromatic carbocycles. The molecule has 0 radical (unpaired) electrons. The van der Waals surface area contributed by atoms with Crippen LogP contribution in [0.15, 0.2) is 98.6 Å². The van der Waals surface area contributed by atoms with Crippen LogP contribution in [0.2, 0.25) is 0 Å². The molecule has 354 valence electrons. The van der Waals surface area contributed by atoms with Crippen molar-refractivity contribution in [2.24, 2.45) is 0 Å². The molecule has 6 atom stereocenters. The van der Waals surface area contributed by atoms with E-state index in [-0.39, 0.29) is 56.3 Å². The standard InChI is InChI=1S/C44H55N8O13P/c1-7-20-60-44(57)49-34(42(55)48-33(23-31-15-11-9-12-16-31)43(56)59-22-19-52(4,5)6)26-62-66(58,61-21-8-2)63-27-36-35(64-30(3)53)25-38(65-36)51-29-47-39-40(45-28-46-41(39)51)50-37(54)24-32-17-13-10-14-18-32/h7-18,28-29,33-36,38H,1-2,19-27H2,3-6H3,(H2-,45,46,48,49,50,54,55,57)/p+1/t33-,34-,35-,36+,38+,66?/m0/s1. The van der Waals surface area contributed by atoms with Crippen LogP contribution in [0.3, 0.4) is 0 Å². The largest absolute Gasteiger partial charge is 0.475 e. The van der Waals surface area contributed by atoms with Gasteiger partial charge in [-0.15, -0.1) is 6.58 Å². The number of phosphoric ester groups is 1. The van der Waals surface area contributed by atoms with E-state index in [2.05, 4.69) is 44.1 Å². The van der Waals surface area contributed by atoms with Crippen LogP contribution in [-0.4, -0.2) is 139 Å². The summed E-state index contributed by atoms with van der Waals surface area (Å²) in [5.74, 6) is -2.43. The normalized spacial score (nSPS) is 17.7. The molecule has 0 spiro atoms. The Balaban J connectivity index is 1.31. The number of ether oxygens (including phenoxy) is 4. The number of fused-ring (bicyclic) bond motifs is 1. The predicted molar refractivity (Wildman–Crippen MR) is 238 cm³/mol. The van der Waals surface area contributed by atoms with Crippen LogP contribution in [0.4, 0.5) is 10.6 Å². The number of hydrogen-bond acceptors (Lipinski definition) is 16. The van der Waals surface area contributed by atoms with E-state index in [9.17, 15) is 28.5 Å². The van der Waals surface area contributed by atoms with Gasteiger partial charge in [0.1, 0.15) is 56.6 Å². The third kappa shape index (κ3) is 15.7. The van der Waals surface area contributed by atoms with Gasteiger partial charge >= 0.3 is 25.9 Å². The van der Waals surface area contributed by atoms with Crippen molar-refractivity contribution in [1.82, 2.24) is 30.2 Å². The van der Waals surface area contributed by atoms with Gasteiger partial charge in [-0.2, -0.15) is 0 Å². The maximum atomic E-state index is 14.2. The predicted octanol–water partition coefficient (Wildman–Crippen LogP) is 3.83. The number of carbonyl (C=O) groups excluding carboxylic acids is 5. The van der Waals surface area contributed by atoms with Crippen molar-refractivity contribution < 1.29 is 65.5 Å². The van der Waals surface area contributed by atoms with Crippen LogP contribution >= 0.6 is 7.82 Å². The van der Waals surface area contributed by atoms with E-state index in [0.717, 1.165) is 5.56 Å². The summed E-state index contributed by atoms with van der Waals surface area (Å²) >= 11 is 0. The summed E-state index contributed by atoms with van der Waals surface area (Å²) in [5.41, 5.74) is 2.08. The number of carbonyl (C=O) groups is 5. The highest BCUT2D eigenvalue weighted by Crippen LogP contribution is 2.50. The van der Waals surface area contributed by atoms with E-state index in [0.29, 0.717) is 22.2 Å². The van der Waals surface area contributed by atoms with Crippen molar-refractivity contribution in [3.63, 3.8) is 0 Å². The molecule has 1 unspecified atom stereocenters. The summed E-state index contributed by atoms with van der Waals surface area (Å²) < 4.78 is 55.6. The van der Waals surface area contributed by atoms with Crippen LogP contribution in [0.25, 0.3) is 11.2 Å². The third-order valence-electron chi connectivity index (χ3n) is 9.61. The number of amides is 3. The number of phosphoric acid groups is 1. The lowest BCUT2D eigenvalue weighted by Gasteiger charge is -2.26. The molecule has 0 aliphatic carbocycles. The smallest absolute Gasteiger partial charge is 0.460 e. The van der Waals surface area contributed by atoms with Gasteiger partial charge in [0.05, 0.1) is 53.7 Å². The zero-order chi connectivity index (χ0) is 47.7. The first-order valence-electron chi connectivity index (χ1n) is 20.9. The average Bonchev–Trinajstić information content (AvgIpc) is 3.90. The lowest BCUT2D eigenvalue weighted by atomic mass is 10.1. The monoisotopic (exact) mass is 935 g/mol. The number of aromatic nitrogens is 4. The SMILES string of the molecule is C=CCOC(=O)N[C@@H](COP(=O)(OCC=C)OC[C@H]1O[C@@H](n2cnc3c(NC(=O)Cc4ccccc4)ncnc32)C[C@@H]1OC(C)=O)C(=O)N[C@@H](Cc1ccccc1)C(=O)OCC[N+](C)(C)C. The lowest BCUT2D eigenvalue weighted by molar-refractivity contribution is -0.870. The Morgan fingerprint density at radius 2 is 1.59 bits per heavy atom. The second kappa shape index (κ2) is 24.3. The highest BCUT2D eigenvalue weighted by Gasteiger charge is 2.42. The molecule has 1 saturated heterocycles. The van der Waals surface area contributed by atoms with Crippen LogP contribution in [0.1, 0.15) is 30.7 Å². The third-order valence-corrected chi connectivity index (χ3v) is 11.0. The second-order valence-electron chi connectivity index (χ2n) is 15.9. The minimum absolute atomic E-state index is 0.0362. The molecule has 3 amide bonds. The summed E-state index contributed by atoms with van der Waals surface area (Å²) in [6.45, 7) is 6.98. The van der Waals surface area contributed by atoms with Gasteiger partial charge in [-0.1, -0.05) is 79.4 Å². The fourth-order valence-electron chi connectivity index (χ4n) is 6.39. The number of alkyl carbamates (subject to hydrolysis) is 1. The zero-order valence-corrected chi connectivity index (χ0v) is 38.1. The zero-order valence-electron chi connectivity index (χ0n) is 37.2. The topological polar surface area (TPSA) is 247 Å². The number of anilines is 1. The fraction of sp³-hybridized carbons (Fsp3) is 0.409. The fourth-order valence-corrected chi connectivity index (χ4v) is 7.57. The van der Waals surface area contributed by atoms with Crippen molar-refractivity contribution in [1.29, 1.82) is 0 Å². The van der Waals surface area contributed by atoms with Gasteiger partial charge in [0.15, 0.2) is 17.0 Å². The Labute approximate surface area is 382 Å². The molecule has 21 nitrogen and oxygen atoms in total. The first-order chi connectivity index (χ1) is 31.6. The molecule has 3 heterocycles. The minimum Gasteiger partial charge on any atom is -0.460 e. The molecule has 4 aromatic rings. The molecule has 1 aliphatic rings. The maximum absolute atomic E-state index is 14.2. The van der Waals surface area contributed by atoms with E-state index in [1.54, 1.807) is 34.9 Å². The van der Waals surface area contributed by atoms with Gasteiger partial charge in [-0.25, -0.2) is 29.1 Å². The van der Waals surface area contributed by atoms with Gasteiger partial charge in [-0.3, -0.25) is 32.5 Å². The highest BCUT2D eigenvalue weighted by molar-refractivity contribution is 7.48. The Morgan fingerprint density at radius 3 is 2.26 bits per heavy atom. The molecule has 5 rings (SSSR count). The average molecular weight is 936 g/mol. The Hall–Kier alpha value is -6.35. The molecular weight excluding hydrogens is 880 g/mol.